The maximum Gasteiger partial charge on any atom is 0.232 e. The van der Waals surface area contributed by atoms with Gasteiger partial charge >= 0.3 is 0 Å². The lowest BCUT2D eigenvalue weighted by atomic mass is 9.75. The van der Waals surface area contributed by atoms with Gasteiger partial charge < -0.3 is 5.32 Å². The lowest BCUT2D eigenvalue weighted by molar-refractivity contribution is -0.126. The van der Waals surface area contributed by atoms with Crippen molar-refractivity contribution in [3.05, 3.63) is 23.8 Å². The van der Waals surface area contributed by atoms with Crippen LogP contribution in [0.4, 0.5) is 13.9 Å². The van der Waals surface area contributed by atoms with E-state index in [1.807, 2.05) is 6.92 Å². The van der Waals surface area contributed by atoms with Crippen molar-refractivity contribution in [3.8, 4) is 0 Å². The highest BCUT2D eigenvalue weighted by molar-refractivity contribution is 7.22. The Morgan fingerprint density at radius 3 is 2.71 bits per heavy atom. The first-order valence-corrected chi connectivity index (χ1v) is 7.87. The Morgan fingerprint density at radius 1 is 1.29 bits per heavy atom. The number of benzene rings is 1. The summed E-state index contributed by atoms with van der Waals surface area (Å²) in [5.74, 6) is -1.42. The summed E-state index contributed by atoms with van der Waals surface area (Å²) < 4.78 is 27.2. The fourth-order valence-electron chi connectivity index (χ4n) is 2.82. The summed E-state index contributed by atoms with van der Waals surface area (Å²) in [5, 5.41) is 3.09. The first-order chi connectivity index (χ1) is 9.98. The topological polar surface area (TPSA) is 42.0 Å². The Hall–Kier alpha value is -1.56. The summed E-state index contributed by atoms with van der Waals surface area (Å²) in [6.07, 6.45) is 4.96. The zero-order valence-corrected chi connectivity index (χ0v) is 12.5. The number of carbonyl (C=O) groups excluding carboxylic acids is 1. The lowest BCUT2D eigenvalue weighted by Gasteiger charge is -2.31. The molecule has 0 atom stereocenters. The van der Waals surface area contributed by atoms with Gasteiger partial charge in [0, 0.05) is 11.5 Å². The molecule has 0 aliphatic heterocycles. The van der Waals surface area contributed by atoms with Crippen LogP contribution in [0.1, 0.15) is 39.0 Å². The molecular weight excluding hydrogens is 294 g/mol. The molecular formula is C15H16F2N2OS. The molecule has 3 nitrogen and oxygen atoms in total. The van der Waals surface area contributed by atoms with Crippen molar-refractivity contribution in [2.75, 3.05) is 5.32 Å². The number of halogens is 2. The average molecular weight is 310 g/mol. The molecule has 0 radical (unpaired) electrons. The summed E-state index contributed by atoms with van der Waals surface area (Å²) in [4.78, 5) is 16.5. The summed E-state index contributed by atoms with van der Waals surface area (Å²) >= 11 is 1.09. The van der Waals surface area contributed by atoms with Gasteiger partial charge in [0.05, 0.1) is 4.70 Å². The second-order valence-electron chi connectivity index (χ2n) is 5.83. The Morgan fingerprint density at radius 2 is 2.00 bits per heavy atom. The first kappa shape index (κ1) is 14.4. The van der Waals surface area contributed by atoms with Crippen LogP contribution in [-0.2, 0) is 4.79 Å². The number of amides is 1. The molecule has 0 unspecified atom stereocenters. The van der Waals surface area contributed by atoms with E-state index in [2.05, 4.69) is 10.3 Å². The number of carbonyl (C=O) groups is 1. The largest absolute Gasteiger partial charge is 0.301 e. The van der Waals surface area contributed by atoms with Crippen LogP contribution in [-0.4, -0.2) is 10.9 Å². The van der Waals surface area contributed by atoms with E-state index in [0.29, 0.717) is 9.83 Å². The number of hydrogen-bond donors (Lipinski definition) is 1. The molecule has 0 bridgehead atoms. The predicted octanol–water partition coefficient (Wildman–Crippen LogP) is 4.48. The quantitative estimate of drug-likeness (QED) is 0.888. The van der Waals surface area contributed by atoms with Crippen molar-refractivity contribution in [1.29, 1.82) is 0 Å². The van der Waals surface area contributed by atoms with E-state index in [9.17, 15) is 13.6 Å². The number of anilines is 1. The molecule has 1 saturated carbocycles. The highest BCUT2D eigenvalue weighted by Gasteiger charge is 2.35. The Bertz CT molecular complexity index is 692. The third-order valence-corrected chi connectivity index (χ3v) is 5.06. The standard InChI is InChI=1S/C15H16F2N2OS/c1-15(5-3-2-4-6-15)13(20)19-14-18-12-10(17)7-9(16)8-11(12)21-14/h7-8H,2-6H2,1H3,(H,18,19,20). The van der Waals surface area contributed by atoms with E-state index in [0.717, 1.165) is 49.5 Å². The van der Waals surface area contributed by atoms with Gasteiger partial charge in [-0.2, -0.15) is 0 Å². The minimum Gasteiger partial charge on any atom is -0.301 e. The van der Waals surface area contributed by atoms with Crippen LogP contribution < -0.4 is 5.32 Å². The molecule has 1 N–H and O–H groups in total. The van der Waals surface area contributed by atoms with Crippen LogP contribution in [0.25, 0.3) is 10.2 Å². The van der Waals surface area contributed by atoms with Crippen LogP contribution in [0.15, 0.2) is 12.1 Å². The van der Waals surface area contributed by atoms with Gasteiger partial charge in [0.15, 0.2) is 10.9 Å². The van der Waals surface area contributed by atoms with Crippen molar-refractivity contribution in [3.63, 3.8) is 0 Å². The molecule has 1 heterocycles. The summed E-state index contributed by atoms with van der Waals surface area (Å²) in [6, 6.07) is 2.03. The summed E-state index contributed by atoms with van der Waals surface area (Å²) in [6.45, 7) is 1.95. The fourth-order valence-corrected chi connectivity index (χ4v) is 3.72. The van der Waals surface area contributed by atoms with Crippen molar-refractivity contribution >= 4 is 32.6 Å². The Balaban J connectivity index is 1.84. The molecule has 0 spiro atoms. The van der Waals surface area contributed by atoms with E-state index in [1.54, 1.807) is 0 Å². The fraction of sp³-hybridized carbons (Fsp3) is 0.467. The van der Waals surface area contributed by atoms with Crippen LogP contribution in [0, 0.1) is 17.0 Å². The molecule has 1 aromatic carbocycles. The van der Waals surface area contributed by atoms with Crippen LogP contribution >= 0.6 is 11.3 Å². The highest BCUT2D eigenvalue weighted by atomic mass is 32.1. The molecule has 0 saturated heterocycles. The van der Waals surface area contributed by atoms with Gasteiger partial charge in [-0.05, 0) is 18.9 Å². The van der Waals surface area contributed by atoms with Gasteiger partial charge in [-0.3, -0.25) is 4.79 Å². The van der Waals surface area contributed by atoms with Gasteiger partial charge in [-0.25, -0.2) is 13.8 Å². The lowest BCUT2D eigenvalue weighted by Crippen LogP contribution is -2.35. The molecule has 21 heavy (non-hydrogen) atoms. The molecule has 2 aromatic rings. The van der Waals surface area contributed by atoms with E-state index in [-0.39, 0.29) is 16.8 Å². The van der Waals surface area contributed by atoms with E-state index >= 15 is 0 Å². The van der Waals surface area contributed by atoms with Gasteiger partial charge in [0.2, 0.25) is 5.91 Å². The number of fused-ring (bicyclic) bond motifs is 1. The van der Waals surface area contributed by atoms with Crippen LogP contribution in [0.5, 0.6) is 0 Å². The number of nitrogens with one attached hydrogen (secondary N) is 1. The zero-order chi connectivity index (χ0) is 15.0. The van der Waals surface area contributed by atoms with Crippen molar-refractivity contribution in [1.82, 2.24) is 4.98 Å². The SMILES string of the molecule is CC1(C(=O)Nc2nc3c(F)cc(F)cc3s2)CCCCC1. The number of thiazole rings is 1. The van der Waals surface area contributed by atoms with Gasteiger partial charge in [0.1, 0.15) is 11.3 Å². The van der Waals surface area contributed by atoms with Crippen molar-refractivity contribution in [2.24, 2.45) is 5.41 Å². The van der Waals surface area contributed by atoms with Crippen LogP contribution in [0.3, 0.4) is 0 Å². The molecule has 1 aromatic heterocycles. The number of nitrogens with zero attached hydrogens (tertiary/aromatic N) is 1. The molecule has 1 amide bonds. The summed E-state index contributed by atoms with van der Waals surface area (Å²) in [5.41, 5.74) is -0.287. The van der Waals surface area contributed by atoms with E-state index < -0.39 is 11.6 Å². The molecule has 6 heteroatoms. The molecule has 1 aliphatic carbocycles. The molecule has 1 fully saturated rings. The minimum atomic E-state index is -0.703. The first-order valence-electron chi connectivity index (χ1n) is 7.05. The number of hydrogen-bond acceptors (Lipinski definition) is 3. The Labute approximate surface area is 125 Å². The van der Waals surface area contributed by atoms with Crippen molar-refractivity contribution < 1.29 is 13.6 Å². The molecule has 112 valence electrons. The molecule has 3 rings (SSSR count). The summed E-state index contributed by atoms with van der Waals surface area (Å²) in [7, 11) is 0. The minimum absolute atomic E-state index is 0.0814. The number of aromatic nitrogens is 1. The Kier molecular flexibility index (Phi) is 3.65. The maximum absolute atomic E-state index is 13.6. The average Bonchev–Trinajstić information content (AvgIpc) is 2.82. The highest BCUT2D eigenvalue weighted by Crippen LogP contribution is 2.37. The van der Waals surface area contributed by atoms with Gasteiger partial charge in [0.25, 0.3) is 0 Å². The zero-order valence-electron chi connectivity index (χ0n) is 11.7. The van der Waals surface area contributed by atoms with E-state index in [4.69, 9.17) is 0 Å². The van der Waals surface area contributed by atoms with Crippen LogP contribution in [0.2, 0.25) is 0 Å². The molecule has 1 aliphatic rings. The maximum atomic E-state index is 13.6. The van der Waals surface area contributed by atoms with Gasteiger partial charge in [-0.1, -0.05) is 37.5 Å². The third-order valence-electron chi connectivity index (χ3n) is 4.14. The second kappa shape index (κ2) is 5.33. The normalized spacial score (nSPS) is 17.9. The second-order valence-corrected chi connectivity index (χ2v) is 6.86. The number of rotatable bonds is 2. The smallest absolute Gasteiger partial charge is 0.232 e. The van der Waals surface area contributed by atoms with Gasteiger partial charge in [-0.15, -0.1) is 0 Å². The predicted molar refractivity (Wildman–Crippen MR) is 79.4 cm³/mol. The van der Waals surface area contributed by atoms with Crippen molar-refractivity contribution in [2.45, 2.75) is 39.0 Å². The van der Waals surface area contributed by atoms with E-state index in [1.165, 1.54) is 6.07 Å². The monoisotopic (exact) mass is 310 g/mol. The third kappa shape index (κ3) is 2.77.